The molecule has 1 aromatic carbocycles. The summed E-state index contributed by atoms with van der Waals surface area (Å²) in [6.45, 7) is 8.81. The largest absolute Gasteiger partial charge is 0.494 e. The number of nitrogens with one attached hydrogen (secondary N) is 2. The highest BCUT2D eigenvalue weighted by Crippen LogP contribution is 2.50. The summed E-state index contributed by atoms with van der Waals surface area (Å²) in [6.07, 6.45) is 11.0. The van der Waals surface area contributed by atoms with Gasteiger partial charge in [-0.3, -0.25) is 14.7 Å². The van der Waals surface area contributed by atoms with Gasteiger partial charge in [-0.15, -0.1) is 0 Å². The predicted molar refractivity (Wildman–Crippen MR) is 195 cm³/mol. The Morgan fingerprint density at radius 2 is 1.64 bits per heavy atom. The van der Waals surface area contributed by atoms with Gasteiger partial charge in [0.1, 0.15) is 17.1 Å². The highest BCUT2D eigenvalue weighted by Gasteiger charge is 2.47. The van der Waals surface area contributed by atoms with E-state index in [4.69, 9.17) is 25.2 Å². The topological polar surface area (TPSA) is 134 Å². The Morgan fingerprint density at radius 3 is 2.32 bits per heavy atom. The van der Waals surface area contributed by atoms with Gasteiger partial charge >= 0.3 is 0 Å². The lowest BCUT2D eigenvalue weighted by Crippen LogP contribution is -2.63. The number of rotatable bonds is 9. The number of pyridine rings is 1. The van der Waals surface area contributed by atoms with E-state index < -0.39 is 5.91 Å². The first-order valence-corrected chi connectivity index (χ1v) is 18.4. The van der Waals surface area contributed by atoms with Crippen LogP contribution in [0, 0.1) is 10.8 Å². The number of likely N-dealkylation sites (tertiary alicyclic amines) is 2. The number of benzene rings is 1. The van der Waals surface area contributed by atoms with Crippen LogP contribution in [0.25, 0.3) is 11.4 Å². The standard InChI is InChI=1S/C38H51N9O3/c1-45-18-11-38(12-19-45)24-47(25-38)29-9-16-46(17-10-29)28-7-5-26(6-8-28)41-36-33(34(39)48)43-32(31-30(49-2)4-3-15-40-31)35(44-36)42-27-22-37(23-27)13-20-50-21-14-37/h3-8,15,27,29H,9-14,16-25H2,1-2H3,(H2,39,48)(H2,41,42,44). The summed E-state index contributed by atoms with van der Waals surface area (Å²) in [4.78, 5) is 34.8. The molecule has 1 saturated carbocycles. The zero-order valence-electron chi connectivity index (χ0n) is 29.5. The number of carbonyl (C=O) groups excluding carboxylic acids is 1. The number of nitrogens with two attached hydrogens (primary N) is 1. The second-order valence-electron chi connectivity index (χ2n) is 15.5. The molecule has 5 fully saturated rings. The molecule has 2 spiro atoms. The van der Waals surface area contributed by atoms with Crippen LogP contribution in [-0.2, 0) is 4.74 Å². The van der Waals surface area contributed by atoms with Crippen molar-refractivity contribution in [2.24, 2.45) is 16.6 Å². The van der Waals surface area contributed by atoms with Gasteiger partial charge in [-0.2, -0.15) is 0 Å². The maximum atomic E-state index is 12.8. The zero-order chi connectivity index (χ0) is 34.3. The summed E-state index contributed by atoms with van der Waals surface area (Å²) in [5, 5.41) is 6.99. The van der Waals surface area contributed by atoms with Gasteiger partial charge in [-0.05, 0) is 119 Å². The molecule has 6 heterocycles. The Bertz CT molecular complexity index is 1660. The van der Waals surface area contributed by atoms with Crippen LogP contribution in [0.3, 0.4) is 0 Å². The van der Waals surface area contributed by atoms with Gasteiger partial charge in [0.15, 0.2) is 17.3 Å². The van der Waals surface area contributed by atoms with Gasteiger partial charge in [0, 0.05) is 69.0 Å². The molecule has 2 aromatic heterocycles. The van der Waals surface area contributed by atoms with Crippen molar-refractivity contribution in [3.63, 3.8) is 0 Å². The number of hydrogen-bond donors (Lipinski definition) is 3. The minimum absolute atomic E-state index is 0.0481. The third kappa shape index (κ3) is 6.60. The van der Waals surface area contributed by atoms with Crippen LogP contribution < -0.4 is 26.0 Å². The molecule has 5 aliphatic rings. The van der Waals surface area contributed by atoms with Gasteiger partial charge in [0.2, 0.25) is 0 Å². The molecule has 8 rings (SSSR count). The molecule has 12 heteroatoms. The molecular weight excluding hydrogens is 630 g/mol. The molecule has 4 N–H and O–H groups in total. The molecule has 1 amide bonds. The van der Waals surface area contributed by atoms with E-state index in [0.717, 1.165) is 57.7 Å². The van der Waals surface area contributed by atoms with Crippen molar-refractivity contribution in [3.8, 4) is 17.1 Å². The number of nitrogens with zero attached hydrogens (tertiary/aromatic N) is 6. The number of hydrogen-bond acceptors (Lipinski definition) is 11. The minimum Gasteiger partial charge on any atom is -0.494 e. The number of ether oxygens (including phenoxy) is 2. The molecule has 3 aromatic rings. The van der Waals surface area contributed by atoms with E-state index >= 15 is 0 Å². The van der Waals surface area contributed by atoms with Crippen LogP contribution in [0.15, 0.2) is 42.6 Å². The van der Waals surface area contributed by atoms with Crippen LogP contribution in [0.5, 0.6) is 5.75 Å². The molecule has 0 unspecified atom stereocenters. The lowest BCUT2D eigenvalue weighted by molar-refractivity contribution is -0.0704. The van der Waals surface area contributed by atoms with E-state index in [9.17, 15) is 4.79 Å². The molecule has 50 heavy (non-hydrogen) atoms. The third-order valence-electron chi connectivity index (χ3n) is 12.2. The molecule has 4 saturated heterocycles. The highest BCUT2D eigenvalue weighted by atomic mass is 16.5. The smallest absolute Gasteiger partial charge is 0.271 e. The Hall–Kier alpha value is -4.00. The summed E-state index contributed by atoms with van der Waals surface area (Å²) in [5.74, 6) is 0.728. The number of primary amides is 1. The number of methoxy groups -OCH3 is 1. The fraction of sp³-hybridized carbons (Fsp3) is 0.579. The van der Waals surface area contributed by atoms with Crippen molar-refractivity contribution < 1.29 is 14.3 Å². The second-order valence-corrected chi connectivity index (χ2v) is 15.5. The average Bonchev–Trinajstić information content (AvgIpc) is 3.11. The van der Waals surface area contributed by atoms with Crippen molar-refractivity contribution in [3.05, 3.63) is 48.3 Å². The number of amides is 1. The van der Waals surface area contributed by atoms with Crippen LogP contribution in [0.1, 0.15) is 61.9 Å². The molecule has 266 valence electrons. The van der Waals surface area contributed by atoms with Gasteiger partial charge < -0.3 is 35.6 Å². The van der Waals surface area contributed by atoms with Gasteiger partial charge in [0.05, 0.1) is 7.11 Å². The summed E-state index contributed by atoms with van der Waals surface area (Å²) >= 11 is 0. The Labute approximate surface area is 295 Å². The van der Waals surface area contributed by atoms with Crippen molar-refractivity contribution in [2.45, 2.75) is 63.5 Å². The van der Waals surface area contributed by atoms with E-state index in [1.54, 1.807) is 19.4 Å². The van der Waals surface area contributed by atoms with E-state index in [2.05, 4.69) is 49.5 Å². The number of carbonyl (C=O) groups is 1. The van der Waals surface area contributed by atoms with E-state index in [1.807, 2.05) is 18.2 Å². The predicted octanol–water partition coefficient (Wildman–Crippen LogP) is 4.76. The maximum Gasteiger partial charge on any atom is 0.271 e. The van der Waals surface area contributed by atoms with E-state index in [1.165, 1.54) is 57.5 Å². The van der Waals surface area contributed by atoms with E-state index in [-0.39, 0.29) is 11.7 Å². The first kappa shape index (κ1) is 33.2. The molecule has 1 aliphatic carbocycles. The molecule has 0 atom stereocenters. The van der Waals surface area contributed by atoms with Crippen molar-refractivity contribution in [1.29, 1.82) is 0 Å². The monoisotopic (exact) mass is 681 g/mol. The lowest BCUT2D eigenvalue weighted by Gasteiger charge is -2.57. The maximum absolute atomic E-state index is 12.8. The number of aromatic nitrogens is 3. The fourth-order valence-corrected chi connectivity index (χ4v) is 9.05. The summed E-state index contributed by atoms with van der Waals surface area (Å²) in [6, 6.07) is 12.9. The molecule has 4 aliphatic heterocycles. The Morgan fingerprint density at radius 1 is 0.920 bits per heavy atom. The van der Waals surface area contributed by atoms with Crippen molar-refractivity contribution in [2.75, 3.05) is 82.2 Å². The van der Waals surface area contributed by atoms with Crippen molar-refractivity contribution >= 4 is 28.9 Å². The summed E-state index contributed by atoms with van der Waals surface area (Å²) in [7, 11) is 3.84. The zero-order valence-corrected chi connectivity index (χ0v) is 29.5. The summed E-state index contributed by atoms with van der Waals surface area (Å²) in [5.41, 5.74) is 9.81. The normalized spacial score (nSPS) is 22.6. The molecular formula is C38H51N9O3. The second kappa shape index (κ2) is 13.6. The van der Waals surface area contributed by atoms with Crippen LogP contribution >= 0.6 is 0 Å². The SMILES string of the molecule is COc1cccnc1-c1nc(C(N)=O)c(Nc2ccc(N3CCC(N4CC5(CCN(C)CC5)C4)CC3)cc2)nc1NC1CC2(CCOCC2)C1. The third-order valence-corrected chi connectivity index (χ3v) is 12.2. The lowest BCUT2D eigenvalue weighted by atomic mass is 9.61. The van der Waals surface area contributed by atoms with Crippen molar-refractivity contribution in [1.82, 2.24) is 24.8 Å². The molecule has 0 radical (unpaired) electrons. The first-order chi connectivity index (χ1) is 24.3. The van der Waals surface area contributed by atoms with Gasteiger partial charge in [0.25, 0.3) is 5.91 Å². The highest BCUT2D eigenvalue weighted by molar-refractivity contribution is 5.97. The summed E-state index contributed by atoms with van der Waals surface area (Å²) < 4.78 is 11.2. The first-order valence-electron chi connectivity index (χ1n) is 18.4. The molecule has 0 bridgehead atoms. The molecule has 12 nitrogen and oxygen atoms in total. The average molecular weight is 682 g/mol. The van der Waals surface area contributed by atoms with Gasteiger partial charge in [-0.25, -0.2) is 9.97 Å². The van der Waals surface area contributed by atoms with Crippen LogP contribution in [0.2, 0.25) is 0 Å². The Balaban J connectivity index is 0.961. The van der Waals surface area contributed by atoms with E-state index in [0.29, 0.717) is 45.6 Å². The Kier molecular flexibility index (Phi) is 9.03. The fourth-order valence-electron chi connectivity index (χ4n) is 9.05. The number of anilines is 4. The van der Waals surface area contributed by atoms with Gasteiger partial charge in [-0.1, -0.05) is 0 Å². The van der Waals surface area contributed by atoms with Crippen LogP contribution in [-0.4, -0.2) is 109 Å². The van der Waals surface area contributed by atoms with Crippen LogP contribution in [0.4, 0.5) is 23.0 Å². The minimum atomic E-state index is -0.670. The number of piperidine rings is 2. The quantitative estimate of drug-likeness (QED) is 0.289.